The van der Waals surface area contributed by atoms with Crippen LogP contribution >= 0.6 is 0 Å². The van der Waals surface area contributed by atoms with Gasteiger partial charge in [0.05, 0.1) is 10.5 Å². The molecular weight excluding hydrogens is 422 g/mol. The molecular formula is C21H17N3O6S. The summed E-state index contributed by atoms with van der Waals surface area (Å²) in [5.41, 5.74) is 0.782. The zero-order valence-electron chi connectivity index (χ0n) is 16.0. The van der Waals surface area contributed by atoms with Crippen LogP contribution in [0.2, 0.25) is 0 Å². The van der Waals surface area contributed by atoms with Gasteiger partial charge in [-0.1, -0.05) is 30.3 Å². The van der Waals surface area contributed by atoms with Gasteiger partial charge < -0.3 is 10.4 Å². The molecule has 3 aromatic rings. The molecule has 9 nitrogen and oxygen atoms in total. The number of carbonyl (C=O) groups excluding carboxylic acids is 2. The van der Waals surface area contributed by atoms with Crippen molar-refractivity contribution in [2.75, 3.05) is 0 Å². The average Bonchev–Trinajstić information content (AvgIpc) is 2.78. The van der Waals surface area contributed by atoms with Crippen LogP contribution in [-0.4, -0.2) is 36.3 Å². The minimum atomic E-state index is -4.21. The highest BCUT2D eigenvalue weighted by Crippen LogP contribution is 2.12. The lowest BCUT2D eigenvalue weighted by Crippen LogP contribution is -2.30. The van der Waals surface area contributed by atoms with Crippen molar-refractivity contribution >= 4 is 27.8 Å². The number of pyridine rings is 1. The van der Waals surface area contributed by atoms with Crippen LogP contribution in [0.25, 0.3) is 0 Å². The first kappa shape index (κ1) is 21.7. The van der Waals surface area contributed by atoms with Gasteiger partial charge in [-0.3, -0.25) is 9.59 Å². The van der Waals surface area contributed by atoms with Crippen molar-refractivity contribution in [2.24, 2.45) is 0 Å². The van der Waals surface area contributed by atoms with E-state index in [-0.39, 0.29) is 27.6 Å². The van der Waals surface area contributed by atoms with Gasteiger partial charge >= 0.3 is 5.97 Å². The second-order valence-electron chi connectivity index (χ2n) is 6.36. The van der Waals surface area contributed by atoms with E-state index < -0.39 is 21.9 Å². The van der Waals surface area contributed by atoms with Crippen LogP contribution < -0.4 is 10.0 Å². The molecule has 0 spiro atoms. The van der Waals surface area contributed by atoms with Crippen LogP contribution in [-0.2, 0) is 16.6 Å². The fourth-order valence-electron chi connectivity index (χ4n) is 2.56. The topological polar surface area (TPSA) is 143 Å². The Morgan fingerprint density at radius 2 is 1.48 bits per heavy atom. The number of carboxylic acids is 1. The number of carboxylic acid groups (broad SMARTS) is 1. The quantitative estimate of drug-likeness (QED) is 0.510. The zero-order valence-corrected chi connectivity index (χ0v) is 16.8. The van der Waals surface area contributed by atoms with Crippen LogP contribution in [0.3, 0.4) is 0 Å². The lowest BCUT2D eigenvalue weighted by molar-refractivity contribution is 0.0689. The van der Waals surface area contributed by atoms with Crippen molar-refractivity contribution in [3.8, 4) is 0 Å². The van der Waals surface area contributed by atoms with Crippen molar-refractivity contribution in [2.45, 2.75) is 11.4 Å². The van der Waals surface area contributed by atoms with Crippen LogP contribution in [0.1, 0.15) is 36.8 Å². The summed E-state index contributed by atoms with van der Waals surface area (Å²) in [4.78, 5) is 38.6. The molecule has 2 aromatic carbocycles. The number of aromatic nitrogens is 1. The number of carbonyl (C=O) groups is 3. The van der Waals surface area contributed by atoms with Gasteiger partial charge in [-0.15, -0.1) is 0 Å². The minimum Gasteiger partial charge on any atom is -0.477 e. The van der Waals surface area contributed by atoms with Gasteiger partial charge in [-0.25, -0.2) is 22.9 Å². The van der Waals surface area contributed by atoms with Gasteiger partial charge in [0.2, 0.25) is 0 Å². The van der Waals surface area contributed by atoms with Gasteiger partial charge in [0.25, 0.3) is 21.8 Å². The number of hydrogen-bond donors (Lipinski definition) is 3. The number of hydrogen-bond acceptors (Lipinski definition) is 6. The van der Waals surface area contributed by atoms with E-state index in [1.165, 1.54) is 24.3 Å². The molecule has 0 saturated carbocycles. The first-order valence-corrected chi connectivity index (χ1v) is 10.4. The molecule has 0 fully saturated rings. The van der Waals surface area contributed by atoms with E-state index in [0.717, 1.165) is 23.9 Å². The Balaban J connectivity index is 1.65. The highest BCUT2D eigenvalue weighted by Gasteiger charge is 2.20. The molecule has 0 unspecified atom stereocenters. The predicted molar refractivity (Wildman–Crippen MR) is 110 cm³/mol. The third-order valence-corrected chi connectivity index (χ3v) is 5.54. The van der Waals surface area contributed by atoms with Gasteiger partial charge in [0.1, 0.15) is 5.69 Å². The lowest BCUT2D eigenvalue weighted by atomic mass is 10.2. The number of sulfonamides is 1. The Labute approximate surface area is 177 Å². The fraction of sp³-hybridized carbons (Fsp3) is 0.0476. The smallest absolute Gasteiger partial charge is 0.354 e. The van der Waals surface area contributed by atoms with Gasteiger partial charge in [-0.05, 0) is 42.0 Å². The van der Waals surface area contributed by atoms with Gasteiger partial charge in [-0.2, -0.15) is 0 Å². The number of nitrogens with zero attached hydrogens (tertiary/aromatic N) is 1. The summed E-state index contributed by atoms with van der Waals surface area (Å²) in [5, 5.41) is 11.5. The molecule has 0 aliphatic carbocycles. The highest BCUT2D eigenvalue weighted by atomic mass is 32.2. The number of nitrogens with one attached hydrogen (secondary N) is 2. The van der Waals surface area contributed by atoms with Crippen molar-refractivity contribution in [1.29, 1.82) is 0 Å². The van der Waals surface area contributed by atoms with Crippen molar-refractivity contribution in [1.82, 2.24) is 15.0 Å². The summed E-state index contributed by atoms with van der Waals surface area (Å²) >= 11 is 0. The number of aromatic carboxylic acids is 1. The monoisotopic (exact) mass is 439 g/mol. The fourth-order valence-corrected chi connectivity index (χ4v) is 3.53. The van der Waals surface area contributed by atoms with Crippen molar-refractivity contribution in [3.63, 3.8) is 0 Å². The molecule has 3 N–H and O–H groups in total. The maximum Gasteiger partial charge on any atom is 0.354 e. The molecule has 0 radical (unpaired) electrons. The number of benzene rings is 2. The summed E-state index contributed by atoms with van der Waals surface area (Å²) in [6.45, 7) is 0.324. The third kappa shape index (κ3) is 5.52. The highest BCUT2D eigenvalue weighted by molar-refractivity contribution is 7.90. The molecule has 0 atom stereocenters. The molecule has 0 aliphatic heterocycles. The normalized spacial score (nSPS) is 10.8. The molecule has 0 aliphatic rings. The summed E-state index contributed by atoms with van der Waals surface area (Å²) < 4.78 is 26.8. The van der Waals surface area contributed by atoms with Crippen molar-refractivity contribution in [3.05, 3.63) is 95.3 Å². The summed E-state index contributed by atoms with van der Waals surface area (Å²) in [6, 6.07) is 16.6. The SMILES string of the molecule is O=C(NCc1ccccc1)c1ccc(S(=O)(=O)NC(=O)c2ccc(C(=O)O)nc2)cc1. The summed E-state index contributed by atoms with van der Waals surface area (Å²) in [7, 11) is -4.21. The third-order valence-electron chi connectivity index (χ3n) is 4.19. The molecule has 2 amide bonds. The van der Waals surface area contributed by atoms with E-state index in [0.29, 0.717) is 6.54 Å². The van der Waals surface area contributed by atoms with Crippen molar-refractivity contribution < 1.29 is 27.9 Å². The van der Waals surface area contributed by atoms with Crippen LogP contribution in [0.15, 0.2) is 77.8 Å². The van der Waals surface area contributed by atoms with E-state index in [1.54, 1.807) is 0 Å². The van der Waals surface area contributed by atoms with E-state index in [2.05, 4.69) is 10.3 Å². The molecule has 0 saturated heterocycles. The maximum absolute atomic E-state index is 12.4. The maximum atomic E-state index is 12.4. The number of rotatable bonds is 7. The second-order valence-corrected chi connectivity index (χ2v) is 8.05. The molecule has 10 heteroatoms. The van der Waals surface area contributed by atoms with E-state index >= 15 is 0 Å². The Morgan fingerprint density at radius 3 is 2.06 bits per heavy atom. The summed E-state index contributed by atoms with van der Waals surface area (Å²) in [6.07, 6.45) is 0.967. The Kier molecular flexibility index (Phi) is 6.41. The predicted octanol–water partition coefficient (Wildman–Crippen LogP) is 1.83. The first-order chi connectivity index (χ1) is 14.8. The molecule has 1 aromatic heterocycles. The Bertz CT molecular complexity index is 1210. The van der Waals surface area contributed by atoms with E-state index in [4.69, 9.17) is 5.11 Å². The summed E-state index contributed by atoms with van der Waals surface area (Å²) in [5.74, 6) is -2.61. The van der Waals surface area contributed by atoms with Gasteiger partial charge in [0, 0.05) is 18.3 Å². The van der Waals surface area contributed by atoms with E-state index in [1.807, 2.05) is 35.1 Å². The van der Waals surface area contributed by atoms with Crippen LogP contribution in [0, 0.1) is 0 Å². The lowest BCUT2D eigenvalue weighted by Gasteiger charge is -2.09. The molecule has 0 bridgehead atoms. The standard InChI is InChI=1S/C21H17N3O6S/c25-19(23-12-14-4-2-1-3-5-14)15-6-9-17(10-7-15)31(29,30)24-20(26)16-8-11-18(21(27)28)22-13-16/h1-11,13H,12H2,(H,23,25)(H,24,26)(H,27,28). The average molecular weight is 439 g/mol. The van der Waals surface area contributed by atoms with Crippen LogP contribution in [0.5, 0.6) is 0 Å². The molecule has 3 rings (SSSR count). The number of amides is 2. The second kappa shape index (κ2) is 9.18. The molecule has 1 heterocycles. The zero-order chi connectivity index (χ0) is 22.4. The Morgan fingerprint density at radius 1 is 0.839 bits per heavy atom. The Hall–Kier alpha value is -4.05. The molecule has 31 heavy (non-hydrogen) atoms. The van der Waals surface area contributed by atoms with Gasteiger partial charge in [0.15, 0.2) is 0 Å². The first-order valence-electron chi connectivity index (χ1n) is 8.95. The van der Waals surface area contributed by atoms with E-state index in [9.17, 15) is 22.8 Å². The minimum absolute atomic E-state index is 0.120. The van der Waals surface area contributed by atoms with Crippen LogP contribution in [0.4, 0.5) is 0 Å². The largest absolute Gasteiger partial charge is 0.477 e. The molecule has 158 valence electrons.